The summed E-state index contributed by atoms with van der Waals surface area (Å²) in [4.78, 5) is 35.9. The maximum absolute atomic E-state index is 8.88. The Labute approximate surface area is 149 Å². The van der Waals surface area contributed by atoms with Crippen LogP contribution in [0.5, 0.6) is 0 Å². The molecular weight excluding hydrogens is 249 g/mol. The molecule has 11 heavy (non-hydrogen) atoms. The molecule has 60 valence electrons. The van der Waals surface area contributed by atoms with E-state index < -0.39 is 17.0 Å². The van der Waals surface area contributed by atoms with Crippen LogP contribution in [0.2, 0.25) is 0 Å². The Morgan fingerprint density at radius 3 is 1.00 bits per heavy atom. The van der Waals surface area contributed by atoms with Crippen molar-refractivity contribution in [2.24, 2.45) is 0 Å². The Morgan fingerprint density at radius 2 is 1.00 bits per heavy atom. The number of hydrogen-bond acceptors (Lipinski definition) is 2. The minimum absolute atomic E-state index is 0. The van der Waals surface area contributed by atoms with E-state index in [1.165, 1.54) is 0 Å². The van der Waals surface area contributed by atoms with Gasteiger partial charge in [-0.05, 0) is 0 Å². The molecule has 0 amide bonds. The zero-order chi connectivity index (χ0) is 8.08. The third kappa shape index (κ3) is 175. The summed E-state index contributed by atoms with van der Waals surface area (Å²) in [5.41, 5.74) is 0. The second-order valence-electron chi connectivity index (χ2n) is 0.796. The van der Waals surface area contributed by atoms with Crippen LogP contribution in [0.15, 0.2) is 0 Å². The van der Waals surface area contributed by atoms with Gasteiger partial charge in [0.15, 0.2) is 0 Å². The third-order valence-corrected chi connectivity index (χ3v) is 0. The monoisotopic (exact) mass is 256 g/mol. The number of rotatable bonds is 0. The molecule has 0 aromatic heterocycles. The Hall–Kier alpha value is 3.00. The molecule has 0 aromatic rings. The molecule has 0 radical (unpaired) electrons. The molecule has 0 spiro atoms. The van der Waals surface area contributed by atoms with Crippen molar-refractivity contribution in [3.8, 4) is 0 Å². The Bertz CT molecular complexity index is 116. The van der Waals surface area contributed by atoms with Gasteiger partial charge in [0, 0.05) is 0 Å². The number of hydrogen-bond donors (Lipinski definition) is 5. The Morgan fingerprint density at radius 1 is 1.00 bits per heavy atom. The van der Waals surface area contributed by atoms with E-state index in [9.17, 15) is 0 Å². The van der Waals surface area contributed by atoms with Gasteiger partial charge >= 0.3 is 120 Å². The Balaban J connectivity index is -0.0000000383. The molecule has 5 N–H and O–H groups in total. The maximum atomic E-state index is 8.88. The van der Waals surface area contributed by atoms with Gasteiger partial charge in [-0.2, -0.15) is 0 Å². The van der Waals surface area contributed by atoms with Crippen LogP contribution in [0.1, 0.15) is 0 Å². The van der Waals surface area contributed by atoms with Crippen LogP contribution in [0.3, 0.4) is 0 Å². The van der Waals surface area contributed by atoms with Crippen molar-refractivity contribution in [1.82, 2.24) is 0 Å². The van der Waals surface area contributed by atoms with Gasteiger partial charge < -0.3 is 24.3 Å². The van der Waals surface area contributed by atoms with Crippen molar-refractivity contribution < 1.29 is 33.3 Å². The molecule has 0 aliphatic heterocycles. The first-order chi connectivity index (χ1) is 3.73. The molecular formula is H7K2O7PSi. The van der Waals surface area contributed by atoms with Crippen molar-refractivity contribution in [3.05, 3.63) is 0 Å². The van der Waals surface area contributed by atoms with Crippen LogP contribution in [0.25, 0.3) is 0 Å². The van der Waals surface area contributed by atoms with Crippen molar-refractivity contribution in [1.29, 1.82) is 0 Å². The SMILES string of the molecule is O=P(O)(O)O.O=[Si](O)O.[KH].[KH]. The summed E-state index contributed by atoms with van der Waals surface area (Å²) < 4.78 is 17.6. The van der Waals surface area contributed by atoms with Gasteiger partial charge in [-0.25, -0.2) is 4.57 Å². The first-order valence-electron chi connectivity index (χ1n) is 1.43. The quantitative estimate of drug-likeness (QED) is 0.221. The molecule has 0 saturated heterocycles. The van der Waals surface area contributed by atoms with E-state index in [2.05, 4.69) is 0 Å². The van der Waals surface area contributed by atoms with Gasteiger partial charge in [0.2, 0.25) is 0 Å². The molecule has 11 heteroatoms. The van der Waals surface area contributed by atoms with Gasteiger partial charge in [-0.15, -0.1) is 0 Å². The Kier molecular flexibility index (Phi) is 28.0. The average Bonchev–Trinajstić information content (AvgIpc) is 1.19. The fourth-order valence-electron chi connectivity index (χ4n) is 0. The first-order valence-corrected chi connectivity index (χ1v) is 4.30. The van der Waals surface area contributed by atoms with Crippen LogP contribution in [0, 0.1) is 0 Å². The molecule has 0 aliphatic carbocycles. The predicted molar refractivity (Wildman–Crippen MR) is 39.4 cm³/mol. The van der Waals surface area contributed by atoms with E-state index in [-0.39, 0.29) is 103 Å². The summed E-state index contributed by atoms with van der Waals surface area (Å²) >= 11 is 0. The van der Waals surface area contributed by atoms with Crippen molar-refractivity contribution in [2.45, 2.75) is 0 Å². The molecule has 0 aliphatic rings. The van der Waals surface area contributed by atoms with Gasteiger partial charge in [0.1, 0.15) is 0 Å². The van der Waals surface area contributed by atoms with Crippen LogP contribution >= 0.6 is 7.82 Å². The molecule has 0 atom stereocenters. The van der Waals surface area contributed by atoms with Gasteiger partial charge in [0.25, 0.3) is 0 Å². The molecule has 0 heterocycles. The van der Waals surface area contributed by atoms with Crippen molar-refractivity contribution in [3.63, 3.8) is 0 Å². The molecule has 0 unspecified atom stereocenters. The van der Waals surface area contributed by atoms with Crippen molar-refractivity contribution in [2.75, 3.05) is 0 Å². The molecule has 0 aromatic carbocycles. The van der Waals surface area contributed by atoms with Gasteiger partial charge in [-0.3, -0.25) is 4.46 Å². The number of phosphoric acid groups is 1. The summed E-state index contributed by atoms with van der Waals surface area (Å²) in [6.07, 6.45) is 0. The first kappa shape index (κ1) is 23.7. The van der Waals surface area contributed by atoms with Gasteiger partial charge in [-0.1, -0.05) is 0 Å². The van der Waals surface area contributed by atoms with Crippen molar-refractivity contribution >= 4 is 120 Å². The van der Waals surface area contributed by atoms with Crippen LogP contribution in [-0.2, 0) is 9.03 Å². The normalized spacial score (nSPS) is 7.55. The zero-order valence-electron chi connectivity index (χ0n) is 4.00. The predicted octanol–water partition coefficient (Wildman–Crippen LogP) is -3.84. The standard InChI is InChI=1S/2K.H3O4P.H2O3Si.2H/c;;1-5(2,3)4;1-4(2)3;;/h;;(H3,1,2,3,4);1-2H;;. The summed E-state index contributed by atoms with van der Waals surface area (Å²) in [6.45, 7) is 0. The second-order valence-corrected chi connectivity index (χ2v) is 2.39. The third-order valence-electron chi connectivity index (χ3n) is 0. The van der Waals surface area contributed by atoms with Gasteiger partial charge in [0.05, 0.1) is 0 Å². The van der Waals surface area contributed by atoms with E-state index >= 15 is 0 Å². The fourth-order valence-corrected chi connectivity index (χ4v) is 0. The van der Waals surface area contributed by atoms with E-state index in [1.54, 1.807) is 0 Å². The van der Waals surface area contributed by atoms with E-state index in [1.807, 2.05) is 0 Å². The molecule has 0 fully saturated rings. The van der Waals surface area contributed by atoms with E-state index in [4.69, 9.17) is 33.3 Å². The zero-order valence-corrected chi connectivity index (χ0v) is 5.89. The second kappa shape index (κ2) is 13.0. The van der Waals surface area contributed by atoms with Crippen LogP contribution < -0.4 is 0 Å². The molecule has 0 rings (SSSR count). The summed E-state index contributed by atoms with van der Waals surface area (Å²) in [5, 5.41) is 0. The summed E-state index contributed by atoms with van der Waals surface area (Å²) in [6, 6.07) is 0. The van der Waals surface area contributed by atoms with Crippen LogP contribution in [0.4, 0.5) is 0 Å². The van der Waals surface area contributed by atoms with E-state index in [0.717, 1.165) is 0 Å². The van der Waals surface area contributed by atoms with Crippen LogP contribution in [-0.4, -0.2) is 136 Å². The summed E-state index contributed by atoms with van der Waals surface area (Å²) in [7, 11) is -7.77. The molecule has 0 bridgehead atoms. The molecule has 0 saturated carbocycles. The fraction of sp³-hybridized carbons (Fsp3) is 0. The minimum atomic E-state index is -4.64. The van der Waals surface area contributed by atoms with E-state index in [0.29, 0.717) is 0 Å². The summed E-state index contributed by atoms with van der Waals surface area (Å²) in [5.74, 6) is 0. The topological polar surface area (TPSA) is 135 Å². The molecule has 7 nitrogen and oxygen atoms in total. The average molecular weight is 256 g/mol.